The fourth-order valence-electron chi connectivity index (χ4n) is 2.54. The van der Waals surface area contributed by atoms with E-state index in [1.165, 1.54) is 5.56 Å². The molecule has 4 rings (SSSR count). The lowest BCUT2D eigenvalue weighted by atomic mass is 10.1. The van der Waals surface area contributed by atoms with Crippen molar-refractivity contribution in [1.82, 2.24) is 14.8 Å². The van der Waals surface area contributed by atoms with E-state index in [0.29, 0.717) is 0 Å². The number of para-hydroxylation sites is 1. The summed E-state index contributed by atoms with van der Waals surface area (Å²) in [5, 5.41) is 8.31. The summed E-state index contributed by atoms with van der Waals surface area (Å²) in [7, 11) is 0. The molecule has 1 aromatic heterocycles. The molecule has 0 unspecified atom stereocenters. The van der Waals surface area contributed by atoms with Crippen LogP contribution in [0.4, 0.5) is 0 Å². The standard InChI is InChI=1S/C16H13N3O/c1-2-4-14(5-3-1)19-11-17-18-16(19)13-6-7-15-12(10-13)8-9-20-15/h1-7,10-11H,8-9H2. The fourth-order valence-corrected chi connectivity index (χ4v) is 2.54. The lowest BCUT2D eigenvalue weighted by Crippen LogP contribution is -1.96. The number of nitrogens with zero attached hydrogens (tertiary/aromatic N) is 3. The van der Waals surface area contributed by atoms with Crippen LogP contribution in [0.25, 0.3) is 17.1 Å². The highest BCUT2D eigenvalue weighted by molar-refractivity contribution is 5.61. The van der Waals surface area contributed by atoms with Crippen LogP contribution in [0.15, 0.2) is 54.9 Å². The van der Waals surface area contributed by atoms with Gasteiger partial charge in [-0.3, -0.25) is 4.57 Å². The van der Waals surface area contributed by atoms with Crippen molar-refractivity contribution in [3.63, 3.8) is 0 Å². The van der Waals surface area contributed by atoms with E-state index in [1.807, 2.05) is 47.0 Å². The van der Waals surface area contributed by atoms with Gasteiger partial charge in [0.25, 0.3) is 0 Å². The number of benzene rings is 2. The Morgan fingerprint density at radius 3 is 2.85 bits per heavy atom. The Balaban J connectivity index is 1.82. The fraction of sp³-hybridized carbons (Fsp3) is 0.125. The molecule has 1 aliphatic heterocycles. The predicted octanol–water partition coefficient (Wildman–Crippen LogP) is 2.87. The molecule has 0 saturated heterocycles. The highest BCUT2D eigenvalue weighted by Crippen LogP contribution is 2.30. The van der Waals surface area contributed by atoms with E-state index in [0.717, 1.165) is 35.9 Å². The second-order valence-corrected chi connectivity index (χ2v) is 4.78. The monoisotopic (exact) mass is 263 g/mol. The number of aromatic nitrogens is 3. The molecule has 0 saturated carbocycles. The first-order valence-electron chi connectivity index (χ1n) is 6.63. The average Bonchev–Trinajstić information content (AvgIpc) is 3.16. The summed E-state index contributed by atoms with van der Waals surface area (Å²) in [5.74, 6) is 1.84. The first kappa shape index (κ1) is 11.2. The van der Waals surface area contributed by atoms with Gasteiger partial charge in [0.1, 0.15) is 12.1 Å². The van der Waals surface area contributed by atoms with Crippen molar-refractivity contribution in [3.8, 4) is 22.8 Å². The minimum absolute atomic E-state index is 0.768. The minimum atomic E-state index is 0.768. The molecule has 3 aromatic rings. The predicted molar refractivity (Wildman–Crippen MR) is 76.0 cm³/mol. The summed E-state index contributed by atoms with van der Waals surface area (Å²) in [6, 6.07) is 16.3. The van der Waals surface area contributed by atoms with Gasteiger partial charge in [-0.2, -0.15) is 0 Å². The molecule has 0 bridgehead atoms. The number of hydrogen-bond acceptors (Lipinski definition) is 3. The van der Waals surface area contributed by atoms with Gasteiger partial charge in [0.05, 0.1) is 6.61 Å². The smallest absolute Gasteiger partial charge is 0.168 e. The second-order valence-electron chi connectivity index (χ2n) is 4.78. The lowest BCUT2D eigenvalue weighted by molar-refractivity contribution is 0.357. The Kier molecular flexibility index (Phi) is 2.52. The molecule has 20 heavy (non-hydrogen) atoms. The van der Waals surface area contributed by atoms with Gasteiger partial charge in [-0.05, 0) is 35.9 Å². The van der Waals surface area contributed by atoms with Crippen molar-refractivity contribution in [2.24, 2.45) is 0 Å². The van der Waals surface area contributed by atoms with Crippen LogP contribution >= 0.6 is 0 Å². The highest BCUT2D eigenvalue weighted by Gasteiger charge is 2.15. The van der Waals surface area contributed by atoms with Crippen LogP contribution in [0.3, 0.4) is 0 Å². The van der Waals surface area contributed by atoms with Crippen LogP contribution in [0.5, 0.6) is 5.75 Å². The van der Waals surface area contributed by atoms with Gasteiger partial charge >= 0.3 is 0 Å². The van der Waals surface area contributed by atoms with E-state index < -0.39 is 0 Å². The number of rotatable bonds is 2. The molecule has 98 valence electrons. The van der Waals surface area contributed by atoms with Crippen molar-refractivity contribution in [2.75, 3.05) is 6.61 Å². The van der Waals surface area contributed by atoms with E-state index >= 15 is 0 Å². The van der Waals surface area contributed by atoms with Crippen LogP contribution in [0.2, 0.25) is 0 Å². The minimum Gasteiger partial charge on any atom is -0.493 e. The molecule has 4 heteroatoms. The lowest BCUT2D eigenvalue weighted by Gasteiger charge is -2.07. The molecule has 2 aromatic carbocycles. The van der Waals surface area contributed by atoms with Crippen molar-refractivity contribution in [1.29, 1.82) is 0 Å². The second kappa shape index (κ2) is 4.49. The van der Waals surface area contributed by atoms with Crippen molar-refractivity contribution in [2.45, 2.75) is 6.42 Å². The van der Waals surface area contributed by atoms with Gasteiger partial charge in [0, 0.05) is 17.7 Å². The van der Waals surface area contributed by atoms with Crippen LogP contribution in [0, 0.1) is 0 Å². The third-order valence-electron chi connectivity index (χ3n) is 3.53. The summed E-state index contributed by atoms with van der Waals surface area (Å²) in [4.78, 5) is 0. The zero-order chi connectivity index (χ0) is 13.4. The van der Waals surface area contributed by atoms with E-state index in [4.69, 9.17) is 4.74 Å². The Bertz CT molecular complexity index is 749. The topological polar surface area (TPSA) is 39.9 Å². The highest BCUT2D eigenvalue weighted by atomic mass is 16.5. The third-order valence-corrected chi connectivity index (χ3v) is 3.53. The Morgan fingerprint density at radius 1 is 1.05 bits per heavy atom. The van der Waals surface area contributed by atoms with E-state index in [1.54, 1.807) is 6.33 Å². The maximum atomic E-state index is 5.54. The molecular formula is C16H13N3O. The summed E-state index contributed by atoms with van der Waals surface area (Å²) in [6.07, 6.45) is 2.71. The van der Waals surface area contributed by atoms with Crippen LogP contribution in [-0.2, 0) is 6.42 Å². The van der Waals surface area contributed by atoms with E-state index in [-0.39, 0.29) is 0 Å². The maximum absolute atomic E-state index is 5.54. The summed E-state index contributed by atoms with van der Waals surface area (Å²) >= 11 is 0. The van der Waals surface area contributed by atoms with Crippen molar-refractivity contribution >= 4 is 0 Å². The van der Waals surface area contributed by atoms with Gasteiger partial charge in [0.2, 0.25) is 0 Å². The SMILES string of the molecule is c1ccc(-n2cnnc2-c2ccc3c(c2)CCO3)cc1. The van der Waals surface area contributed by atoms with E-state index in [2.05, 4.69) is 16.3 Å². The molecule has 0 radical (unpaired) electrons. The molecule has 0 amide bonds. The third kappa shape index (κ3) is 1.77. The average molecular weight is 263 g/mol. The molecule has 2 heterocycles. The first-order valence-corrected chi connectivity index (χ1v) is 6.63. The Morgan fingerprint density at radius 2 is 1.95 bits per heavy atom. The molecule has 0 fully saturated rings. The molecular weight excluding hydrogens is 250 g/mol. The van der Waals surface area contributed by atoms with Gasteiger partial charge < -0.3 is 4.74 Å². The molecule has 1 aliphatic rings. The van der Waals surface area contributed by atoms with Gasteiger partial charge in [-0.15, -0.1) is 10.2 Å². The number of fused-ring (bicyclic) bond motifs is 1. The largest absolute Gasteiger partial charge is 0.493 e. The first-order chi connectivity index (χ1) is 9.92. The molecule has 4 nitrogen and oxygen atoms in total. The Hall–Kier alpha value is -2.62. The number of ether oxygens (including phenoxy) is 1. The summed E-state index contributed by atoms with van der Waals surface area (Å²) in [6.45, 7) is 0.768. The van der Waals surface area contributed by atoms with Crippen LogP contribution in [0.1, 0.15) is 5.56 Å². The van der Waals surface area contributed by atoms with Crippen LogP contribution in [-0.4, -0.2) is 21.4 Å². The summed E-state index contributed by atoms with van der Waals surface area (Å²) in [5.41, 5.74) is 3.37. The number of hydrogen-bond donors (Lipinski definition) is 0. The zero-order valence-electron chi connectivity index (χ0n) is 10.9. The quantitative estimate of drug-likeness (QED) is 0.713. The van der Waals surface area contributed by atoms with Gasteiger partial charge in [-0.25, -0.2) is 0 Å². The maximum Gasteiger partial charge on any atom is 0.168 e. The summed E-state index contributed by atoms with van der Waals surface area (Å²) < 4.78 is 7.54. The van der Waals surface area contributed by atoms with E-state index in [9.17, 15) is 0 Å². The normalized spacial score (nSPS) is 13.0. The molecule has 0 spiro atoms. The van der Waals surface area contributed by atoms with Crippen molar-refractivity contribution < 1.29 is 4.74 Å². The van der Waals surface area contributed by atoms with Gasteiger partial charge in [-0.1, -0.05) is 18.2 Å². The Labute approximate surface area is 116 Å². The van der Waals surface area contributed by atoms with Crippen LogP contribution < -0.4 is 4.74 Å². The molecule has 0 aliphatic carbocycles. The molecule has 0 atom stereocenters. The molecule has 0 N–H and O–H groups in total. The zero-order valence-corrected chi connectivity index (χ0v) is 10.9. The van der Waals surface area contributed by atoms with Gasteiger partial charge in [0.15, 0.2) is 5.82 Å². The van der Waals surface area contributed by atoms with Crippen molar-refractivity contribution in [3.05, 3.63) is 60.4 Å².